The summed E-state index contributed by atoms with van der Waals surface area (Å²) in [6.07, 6.45) is 2.17. The fourth-order valence-corrected chi connectivity index (χ4v) is 4.30. The number of hydrogen-bond donors (Lipinski definition) is 2. The summed E-state index contributed by atoms with van der Waals surface area (Å²) >= 11 is 0. The highest BCUT2D eigenvalue weighted by Crippen LogP contribution is 2.27. The molecule has 0 saturated carbocycles. The van der Waals surface area contributed by atoms with Crippen LogP contribution in [0.4, 0.5) is 0 Å². The zero-order chi connectivity index (χ0) is 16.1. The second kappa shape index (κ2) is 7.25. The van der Waals surface area contributed by atoms with Gasteiger partial charge < -0.3 is 5.32 Å². The van der Waals surface area contributed by atoms with E-state index in [-0.39, 0.29) is 0 Å². The van der Waals surface area contributed by atoms with Crippen LogP contribution in [-0.2, 0) is 10.0 Å². The van der Waals surface area contributed by atoms with Gasteiger partial charge in [0.15, 0.2) is 0 Å². The highest BCUT2D eigenvalue weighted by Gasteiger charge is 2.21. The second-order valence-electron chi connectivity index (χ2n) is 5.93. The molecule has 5 heteroatoms. The zero-order valence-corrected chi connectivity index (χ0v) is 13.9. The summed E-state index contributed by atoms with van der Waals surface area (Å²) in [6, 6.07) is 16.8. The van der Waals surface area contributed by atoms with Crippen LogP contribution in [-0.4, -0.2) is 28.1 Å². The molecule has 1 heterocycles. The minimum absolute atomic E-state index is 0.343. The van der Waals surface area contributed by atoms with Gasteiger partial charge in [-0.15, -0.1) is 0 Å². The van der Waals surface area contributed by atoms with E-state index < -0.39 is 10.0 Å². The van der Waals surface area contributed by atoms with Crippen molar-refractivity contribution in [1.82, 2.24) is 10.0 Å². The average Bonchev–Trinajstić information content (AvgIpc) is 2.62. The Labute approximate surface area is 138 Å². The van der Waals surface area contributed by atoms with Crippen LogP contribution in [0.15, 0.2) is 59.5 Å². The van der Waals surface area contributed by atoms with Gasteiger partial charge in [-0.3, -0.25) is 0 Å². The van der Waals surface area contributed by atoms with Crippen molar-refractivity contribution in [3.63, 3.8) is 0 Å². The van der Waals surface area contributed by atoms with E-state index >= 15 is 0 Å². The van der Waals surface area contributed by atoms with E-state index in [1.807, 2.05) is 42.5 Å². The lowest BCUT2D eigenvalue weighted by molar-refractivity contribution is 0.376. The average molecular weight is 330 g/mol. The van der Waals surface area contributed by atoms with Gasteiger partial charge in [0.1, 0.15) is 0 Å². The van der Waals surface area contributed by atoms with Gasteiger partial charge in [-0.25, -0.2) is 13.1 Å². The minimum Gasteiger partial charge on any atom is -0.316 e. The third-order valence-electron chi connectivity index (χ3n) is 4.22. The molecule has 2 N–H and O–H groups in total. The van der Waals surface area contributed by atoms with E-state index in [1.54, 1.807) is 12.1 Å². The van der Waals surface area contributed by atoms with Crippen molar-refractivity contribution < 1.29 is 8.42 Å². The second-order valence-corrected chi connectivity index (χ2v) is 7.66. The molecule has 0 radical (unpaired) electrons. The van der Waals surface area contributed by atoms with Gasteiger partial charge in [0, 0.05) is 12.1 Å². The SMILES string of the molecule is O=S(=O)(NCC1CCCNC1)c1ccccc1-c1ccccc1. The maximum atomic E-state index is 12.7. The lowest BCUT2D eigenvalue weighted by Crippen LogP contribution is -2.38. The Balaban J connectivity index is 1.82. The van der Waals surface area contributed by atoms with Crippen molar-refractivity contribution in [3.8, 4) is 11.1 Å². The number of piperidine rings is 1. The Morgan fingerprint density at radius 3 is 2.52 bits per heavy atom. The Morgan fingerprint density at radius 2 is 1.78 bits per heavy atom. The number of benzene rings is 2. The minimum atomic E-state index is -3.52. The molecule has 2 aromatic carbocycles. The highest BCUT2D eigenvalue weighted by molar-refractivity contribution is 7.89. The number of hydrogen-bond acceptors (Lipinski definition) is 3. The van der Waals surface area contributed by atoms with Crippen LogP contribution in [0.1, 0.15) is 12.8 Å². The van der Waals surface area contributed by atoms with Gasteiger partial charge in [0.2, 0.25) is 10.0 Å². The van der Waals surface area contributed by atoms with Crippen molar-refractivity contribution in [2.45, 2.75) is 17.7 Å². The quantitative estimate of drug-likeness (QED) is 0.886. The normalized spacial score (nSPS) is 18.7. The Morgan fingerprint density at radius 1 is 1.04 bits per heavy atom. The van der Waals surface area contributed by atoms with Crippen molar-refractivity contribution in [3.05, 3.63) is 54.6 Å². The van der Waals surface area contributed by atoms with Crippen molar-refractivity contribution in [2.75, 3.05) is 19.6 Å². The number of sulfonamides is 1. The molecule has 0 bridgehead atoms. The topological polar surface area (TPSA) is 58.2 Å². The lowest BCUT2D eigenvalue weighted by Gasteiger charge is -2.23. The number of nitrogens with one attached hydrogen (secondary N) is 2. The maximum absolute atomic E-state index is 12.7. The first kappa shape index (κ1) is 16.2. The largest absolute Gasteiger partial charge is 0.316 e. The molecule has 23 heavy (non-hydrogen) atoms. The Hall–Kier alpha value is -1.69. The molecule has 0 aromatic heterocycles. The van der Waals surface area contributed by atoms with Crippen LogP contribution in [0.3, 0.4) is 0 Å². The molecule has 1 unspecified atom stereocenters. The van der Waals surface area contributed by atoms with E-state index in [0.29, 0.717) is 17.4 Å². The molecule has 0 spiro atoms. The highest BCUT2D eigenvalue weighted by atomic mass is 32.2. The molecule has 1 aliphatic heterocycles. The smallest absolute Gasteiger partial charge is 0.241 e. The molecule has 0 aliphatic carbocycles. The first-order valence-electron chi connectivity index (χ1n) is 8.02. The third-order valence-corrected chi connectivity index (χ3v) is 5.70. The van der Waals surface area contributed by atoms with Crippen molar-refractivity contribution in [1.29, 1.82) is 0 Å². The molecule has 1 aliphatic rings. The van der Waals surface area contributed by atoms with Gasteiger partial charge >= 0.3 is 0 Å². The van der Waals surface area contributed by atoms with Crippen LogP contribution in [0.5, 0.6) is 0 Å². The molecule has 0 amide bonds. The summed E-state index contributed by atoms with van der Waals surface area (Å²) in [6.45, 7) is 2.39. The number of rotatable bonds is 5. The third kappa shape index (κ3) is 3.99. The molecular weight excluding hydrogens is 308 g/mol. The van der Waals surface area contributed by atoms with E-state index in [1.165, 1.54) is 0 Å². The van der Waals surface area contributed by atoms with E-state index in [9.17, 15) is 8.42 Å². The predicted molar refractivity (Wildman–Crippen MR) is 92.7 cm³/mol. The van der Waals surface area contributed by atoms with Crippen LogP contribution in [0.2, 0.25) is 0 Å². The van der Waals surface area contributed by atoms with E-state index in [2.05, 4.69) is 10.0 Å². The fraction of sp³-hybridized carbons (Fsp3) is 0.333. The van der Waals surface area contributed by atoms with E-state index in [0.717, 1.165) is 37.1 Å². The molecule has 4 nitrogen and oxygen atoms in total. The lowest BCUT2D eigenvalue weighted by atomic mass is 10.0. The van der Waals surface area contributed by atoms with Crippen LogP contribution in [0.25, 0.3) is 11.1 Å². The van der Waals surface area contributed by atoms with Gasteiger partial charge in [0.05, 0.1) is 4.90 Å². The Bertz CT molecular complexity index is 739. The standard InChI is InChI=1S/C18H22N2O2S/c21-23(22,20-14-15-7-6-12-19-13-15)18-11-5-4-10-17(18)16-8-2-1-3-9-16/h1-5,8-11,15,19-20H,6-7,12-14H2. The summed E-state index contributed by atoms with van der Waals surface area (Å²) in [4.78, 5) is 0.343. The molecule has 1 atom stereocenters. The van der Waals surface area contributed by atoms with Crippen LogP contribution in [0, 0.1) is 5.92 Å². The summed E-state index contributed by atoms with van der Waals surface area (Å²) in [5, 5.41) is 3.31. The van der Waals surface area contributed by atoms with Gasteiger partial charge in [-0.05, 0) is 43.5 Å². The molecule has 1 fully saturated rings. The zero-order valence-electron chi connectivity index (χ0n) is 13.0. The first-order valence-corrected chi connectivity index (χ1v) is 9.50. The van der Waals surface area contributed by atoms with Crippen molar-refractivity contribution >= 4 is 10.0 Å². The van der Waals surface area contributed by atoms with Gasteiger partial charge in [-0.2, -0.15) is 0 Å². The summed E-state index contributed by atoms with van der Waals surface area (Å²) in [5.41, 5.74) is 1.65. The van der Waals surface area contributed by atoms with Crippen LogP contribution >= 0.6 is 0 Å². The summed E-state index contributed by atoms with van der Waals surface area (Å²) in [5.74, 6) is 0.363. The molecule has 122 valence electrons. The fourth-order valence-electron chi connectivity index (χ4n) is 2.96. The summed E-state index contributed by atoms with van der Waals surface area (Å²) in [7, 11) is -3.52. The van der Waals surface area contributed by atoms with Gasteiger partial charge in [0.25, 0.3) is 0 Å². The maximum Gasteiger partial charge on any atom is 0.241 e. The molecular formula is C18H22N2O2S. The van der Waals surface area contributed by atoms with Crippen LogP contribution < -0.4 is 10.0 Å². The van der Waals surface area contributed by atoms with Crippen molar-refractivity contribution in [2.24, 2.45) is 5.92 Å². The molecule has 3 rings (SSSR count). The molecule has 1 saturated heterocycles. The monoisotopic (exact) mass is 330 g/mol. The van der Waals surface area contributed by atoms with E-state index in [4.69, 9.17) is 0 Å². The van der Waals surface area contributed by atoms with Gasteiger partial charge in [-0.1, -0.05) is 48.5 Å². The molecule has 2 aromatic rings. The summed E-state index contributed by atoms with van der Waals surface area (Å²) < 4.78 is 28.3. The first-order chi connectivity index (χ1) is 11.2. The Kier molecular flexibility index (Phi) is 5.10. The predicted octanol–water partition coefficient (Wildman–Crippen LogP) is 2.63.